The molecule has 0 aromatic heterocycles. The first-order valence-corrected chi connectivity index (χ1v) is 3.28. The molecule has 0 spiro atoms. The van der Waals surface area contributed by atoms with Gasteiger partial charge in [0.25, 0.3) is 0 Å². The van der Waals surface area contributed by atoms with Gasteiger partial charge in [-0.1, -0.05) is 14.4 Å². The second-order valence-corrected chi connectivity index (χ2v) is 1.67. The monoisotopic (exact) mass is 287 g/mol. The summed E-state index contributed by atoms with van der Waals surface area (Å²) >= 11 is 0. The van der Waals surface area contributed by atoms with Gasteiger partial charge in [-0.25, -0.2) is 0 Å². The second kappa shape index (κ2) is 17.5. The molecular formula is C7H19BaNO2. The van der Waals surface area contributed by atoms with Gasteiger partial charge in [0.15, 0.2) is 0 Å². The summed E-state index contributed by atoms with van der Waals surface area (Å²) in [6.45, 7) is 4.69. The molecule has 3 nitrogen and oxygen atoms in total. The number of nitrogens with one attached hydrogen (secondary N) is 1. The van der Waals surface area contributed by atoms with Gasteiger partial charge in [-0.3, -0.25) is 0 Å². The SMILES string of the molecule is C.CCNCCOCC[O-].[Ba+2].[H-]. The largest absolute Gasteiger partial charge is 2.00 e. The van der Waals surface area contributed by atoms with E-state index < -0.39 is 0 Å². The Hall–Kier alpha value is 1.45. The normalized spacial score (nSPS) is 8.18. The van der Waals surface area contributed by atoms with E-state index in [1.165, 1.54) is 0 Å². The molecule has 0 rings (SSSR count). The molecule has 0 amide bonds. The Morgan fingerprint density at radius 3 is 2.55 bits per heavy atom. The molecule has 11 heavy (non-hydrogen) atoms. The minimum absolute atomic E-state index is 0. The number of rotatable bonds is 6. The first kappa shape index (κ1) is 18.3. The van der Waals surface area contributed by atoms with Crippen LogP contribution in [0.4, 0.5) is 0 Å². The Morgan fingerprint density at radius 1 is 1.45 bits per heavy atom. The molecular weight excluding hydrogens is 267 g/mol. The van der Waals surface area contributed by atoms with Crippen molar-refractivity contribution in [2.24, 2.45) is 0 Å². The maximum atomic E-state index is 9.82. The zero-order valence-electron chi connectivity index (χ0n) is 7.56. The summed E-state index contributed by atoms with van der Waals surface area (Å²) in [6.07, 6.45) is 0. The Morgan fingerprint density at radius 2 is 2.09 bits per heavy atom. The van der Waals surface area contributed by atoms with Crippen molar-refractivity contribution in [3.63, 3.8) is 0 Å². The topological polar surface area (TPSA) is 44.3 Å². The van der Waals surface area contributed by atoms with E-state index in [1.54, 1.807) is 0 Å². The average molecular weight is 287 g/mol. The molecule has 0 aliphatic heterocycles. The van der Waals surface area contributed by atoms with Gasteiger partial charge >= 0.3 is 48.9 Å². The second-order valence-electron chi connectivity index (χ2n) is 1.67. The van der Waals surface area contributed by atoms with Crippen LogP contribution in [0.5, 0.6) is 0 Å². The number of ether oxygens (including phenoxy) is 1. The molecule has 66 valence electrons. The molecule has 4 heteroatoms. The van der Waals surface area contributed by atoms with Crippen molar-refractivity contribution in [2.75, 3.05) is 32.9 Å². The summed E-state index contributed by atoms with van der Waals surface area (Å²) < 4.78 is 4.91. The van der Waals surface area contributed by atoms with Gasteiger partial charge in [0.2, 0.25) is 0 Å². The van der Waals surface area contributed by atoms with Crippen LogP contribution in [0.15, 0.2) is 0 Å². The van der Waals surface area contributed by atoms with E-state index in [0.29, 0.717) is 13.2 Å². The van der Waals surface area contributed by atoms with Crippen LogP contribution in [0.25, 0.3) is 0 Å². The van der Waals surface area contributed by atoms with Crippen LogP contribution in [-0.2, 0) is 4.74 Å². The van der Waals surface area contributed by atoms with Crippen molar-refractivity contribution in [2.45, 2.75) is 14.4 Å². The van der Waals surface area contributed by atoms with Crippen LogP contribution in [0.1, 0.15) is 15.8 Å². The number of hydrogen-bond donors (Lipinski definition) is 1. The van der Waals surface area contributed by atoms with Crippen LogP contribution in [0, 0.1) is 0 Å². The van der Waals surface area contributed by atoms with Crippen LogP contribution >= 0.6 is 0 Å². The van der Waals surface area contributed by atoms with Crippen molar-refractivity contribution >= 4 is 48.9 Å². The van der Waals surface area contributed by atoms with E-state index in [9.17, 15) is 5.11 Å². The van der Waals surface area contributed by atoms with E-state index in [0.717, 1.165) is 13.1 Å². The van der Waals surface area contributed by atoms with Crippen LogP contribution in [0.2, 0.25) is 0 Å². The maximum absolute atomic E-state index is 9.82. The molecule has 0 saturated carbocycles. The van der Waals surface area contributed by atoms with Crippen molar-refractivity contribution < 1.29 is 11.3 Å². The zero-order chi connectivity index (χ0) is 6.95. The summed E-state index contributed by atoms with van der Waals surface area (Å²) in [5.74, 6) is 0. The van der Waals surface area contributed by atoms with Crippen LogP contribution in [0.3, 0.4) is 0 Å². The first-order valence-electron chi connectivity index (χ1n) is 3.28. The van der Waals surface area contributed by atoms with E-state index in [-0.39, 0.29) is 64.3 Å². The Labute approximate surface area is 111 Å². The predicted molar refractivity (Wildman–Crippen MR) is 47.8 cm³/mol. The first-order chi connectivity index (χ1) is 4.41. The van der Waals surface area contributed by atoms with Gasteiger partial charge in [-0.15, -0.1) is 6.61 Å². The molecule has 0 unspecified atom stereocenters. The Kier molecular flexibility index (Phi) is 29.1. The van der Waals surface area contributed by atoms with Gasteiger partial charge in [0.1, 0.15) is 0 Å². The molecule has 0 saturated heterocycles. The molecule has 1 N–H and O–H groups in total. The van der Waals surface area contributed by atoms with Crippen LogP contribution in [-0.4, -0.2) is 81.8 Å². The van der Waals surface area contributed by atoms with Crippen LogP contribution < -0.4 is 10.4 Å². The number of likely N-dealkylation sites (N-methyl/N-ethyl adjacent to an activating group) is 1. The average Bonchev–Trinajstić information content (AvgIpc) is 1.89. The summed E-state index contributed by atoms with van der Waals surface area (Å²) in [5.41, 5.74) is 0. The molecule has 0 atom stereocenters. The zero-order valence-corrected chi connectivity index (χ0v) is 11.0. The molecule has 0 fully saturated rings. The van der Waals surface area contributed by atoms with Gasteiger partial charge in [0.05, 0.1) is 6.61 Å². The molecule has 0 aliphatic carbocycles. The third-order valence-corrected chi connectivity index (χ3v) is 0.901. The molecule has 0 heterocycles. The number of hydrogen-bond acceptors (Lipinski definition) is 3. The Balaban J connectivity index is -0.000000107. The van der Waals surface area contributed by atoms with Crippen molar-refractivity contribution in [1.82, 2.24) is 5.32 Å². The molecule has 0 aromatic rings. The fourth-order valence-corrected chi connectivity index (χ4v) is 0.482. The molecule has 0 bridgehead atoms. The molecule has 0 aromatic carbocycles. The van der Waals surface area contributed by atoms with Gasteiger partial charge < -0.3 is 16.6 Å². The van der Waals surface area contributed by atoms with E-state index >= 15 is 0 Å². The van der Waals surface area contributed by atoms with Gasteiger partial charge in [0, 0.05) is 13.2 Å². The standard InChI is InChI=1S/C6H14NO2.CH4.Ba.H/c1-2-7-3-5-9-6-4-8;;;/h7H,2-6H2,1H3;1H4;;/q-1;;+2;-1. The quantitative estimate of drug-likeness (QED) is 0.521. The third kappa shape index (κ3) is 18.4. The van der Waals surface area contributed by atoms with E-state index in [2.05, 4.69) is 5.32 Å². The summed E-state index contributed by atoms with van der Waals surface area (Å²) in [5, 5.41) is 12.9. The minimum atomic E-state index is -0.133. The molecule has 0 radical (unpaired) electrons. The smallest absolute Gasteiger partial charge is 1.00 e. The van der Waals surface area contributed by atoms with Gasteiger partial charge in [-0.05, 0) is 6.54 Å². The van der Waals surface area contributed by atoms with Gasteiger partial charge in [-0.2, -0.15) is 0 Å². The van der Waals surface area contributed by atoms with Crippen molar-refractivity contribution in [3.8, 4) is 0 Å². The fraction of sp³-hybridized carbons (Fsp3) is 1.00. The summed E-state index contributed by atoms with van der Waals surface area (Å²) in [4.78, 5) is 0. The fourth-order valence-electron chi connectivity index (χ4n) is 0.482. The summed E-state index contributed by atoms with van der Waals surface area (Å²) in [6, 6.07) is 0. The van der Waals surface area contributed by atoms with E-state index in [4.69, 9.17) is 4.74 Å². The minimum Gasteiger partial charge on any atom is -1.00 e. The summed E-state index contributed by atoms with van der Waals surface area (Å²) in [7, 11) is 0. The third-order valence-electron chi connectivity index (χ3n) is 0.901. The predicted octanol–water partition coefficient (Wildman–Crippen LogP) is -0.659. The van der Waals surface area contributed by atoms with Crippen molar-refractivity contribution in [3.05, 3.63) is 0 Å². The molecule has 0 aliphatic rings. The maximum Gasteiger partial charge on any atom is 2.00 e. The Bertz CT molecular complexity index is 54.7. The van der Waals surface area contributed by atoms with E-state index in [1.807, 2.05) is 6.92 Å². The van der Waals surface area contributed by atoms with Crippen molar-refractivity contribution in [1.29, 1.82) is 0 Å².